The normalized spacial score (nSPS) is 14.2. The van der Waals surface area contributed by atoms with Crippen molar-refractivity contribution in [1.82, 2.24) is 25.1 Å². The Morgan fingerprint density at radius 2 is 2.07 bits per heavy atom. The second kappa shape index (κ2) is 12.0. The number of carbonyl (C=O) groups is 2. The Bertz CT molecular complexity index is 702. The van der Waals surface area contributed by atoms with E-state index in [0.29, 0.717) is 30.9 Å². The third-order valence-electron chi connectivity index (χ3n) is 4.86. The average molecular weight is 404 g/mol. The van der Waals surface area contributed by atoms with E-state index in [1.54, 1.807) is 12.3 Å². The van der Waals surface area contributed by atoms with Gasteiger partial charge in [-0.05, 0) is 25.8 Å². The minimum atomic E-state index is 0.142. The van der Waals surface area contributed by atoms with Gasteiger partial charge in [-0.3, -0.25) is 9.59 Å². The van der Waals surface area contributed by atoms with Crippen LogP contribution in [-0.2, 0) is 9.59 Å². The fourth-order valence-corrected chi connectivity index (χ4v) is 3.08. The van der Waals surface area contributed by atoms with E-state index in [9.17, 15) is 9.59 Å². The van der Waals surface area contributed by atoms with Gasteiger partial charge in [0.05, 0.1) is 5.69 Å². The van der Waals surface area contributed by atoms with Crippen LogP contribution < -0.4 is 16.4 Å². The molecule has 0 saturated carbocycles. The molecule has 0 spiro atoms. The highest BCUT2D eigenvalue weighted by atomic mass is 16.2. The van der Waals surface area contributed by atoms with Crippen LogP contribution in [0.3, 0.4) is 0 Å². The number of hydrogen-bond donors (Lipinski definition) is 3. The van der Waals surface area contributed by atoms with Crippen LogP contribution in [0.1, 0.15) is 43.9 Å². The average Bonchev–Trinajstić information content (AvgIpc) is 2.73. The van der Waals surface area contributed by atoms with Gasteiger partial charge in [-0.15, -0.1) is 0 Å². The number of amides is 2. The summed E-state index contributed by atoms with van der Waals surface area (Å²) in [4.78, 5) is 35.5. The number of nitrogens with two attached hydrogens (primary N) is 1. The van der Waals surface area contributed by atoms with Crippen molar-refractivity contribution in [3.05, 3.63) is 17.5 Å². The third kappa shape index (κ3) is 7.34. The largest absolute Gasteiger partial charge is 0.370 e. The minimum absolute atomic E-state index is 0.142. The van der Waals surface area contributed by atoms with E-state index in [1.807, 2.05) is 11.8 Å². The first kappa shape index (κ1) is 22.6. The summed E-state index contributed by atoms with van der Waals surface area (Å²) in [5.74, 6) is 1.04. The zero-order chi connectivity index (χ0) is 21.1. The molecular weight excluding hydrogens is 370 g/mol. The predicted molar refractivity (Wildman–Crippen MR) is 115 cm³/mol. The number of nitrogen functional groups attached to an aromatic ring is 1. The molecule has 2 heterocycles. The Kier molecular flexibility index (Phi) is 9.36. The number of nitrogens with zero attached hydrogens (tertiary/aromatic N) is 4. The van der Waals surface area contributed by atoms with Gasteiger partial charge in [0.15, 0.2) is 0 Å². The van der Waals surface area contributed by atoms with Crippen LogP contribution in [0.5, 0.6) is 0 Å². The minimum Gasteiger partial charge on any atom is -0.370 e. The van der Waals surface area contributed by atoms with E-state index in [4.69, 9.17) is 5.73 Å². The highest BCUT2D eigenvalue weighted by Gasteiger charge is 2.15. The molecule has 9 nitrogen and oxygen atoms in total. The van der Waals surface area contributed by atoms with E-state index < -0.39 is 0 Å². The smallest absolute Gasteiger partial charge is 0.222 e. The lowest BCUT2D eigenvalue weighted by Gasteiger charge is -2.27. The molecular formula is C20H33N7O2. The molecule has 0 radical (unpaired) electrons. The molecule has 1 saturated heterocycles. The van der Waals surface area contributed by atoms with Crippen molar-refractivity contribution in [1.29, 1.82) is 0 Å². The zero-order valence-corrected chi connectivity index (χ0v) is 17.5. The molecule has 0 unspecified atom stereocenters. The Morgan fingerprint density at radius 3 is 2.76 bits per heavy atom. The number of aromatic nitrogens is 2. The molecule has 2 rings (SSSR count). The van der Waals surface area contributed by atoms with E-state index in [-0.39, 0.29) is 11.9 Å². The third-order valence-corrected chi connectivity index (χ3v) is 4.86. The first-order chi connectivity index (χ1) is 14.0. The van der Waals surface area contributed by atoms with Gasteiger partial charge in [-0.25, -0.2) is 4.98 Å². The number of rotatable bonds is 11. The summed E-state index contributed by atoms with van der Waals surface area (Å²) in [5, 5.41) is 6.51. The molecule has 0 aliphatic carbocycles. The van der Waals surface area contributed by atoms with E-state index in [2.05, 4.69) is 27.5 Å². The molecule has 1 fully saturated rings. The van der Waals surface area contributed by atoms with Crippen molar-refractivity contribution in [3.8, 4) is 0 Å². The maximum atomic E-state index is 12.2. The summed E-state index contributed by atoms with van der Waals surface area (Å²) in [7, 11) is 0. The van der Waals surface area contributed by atoms with Crippen molar-refractivity contribution in [2.45, 2.75) is 39.5 Å². The van der Waals surface area contributed by atoms with Gasteiger partial charge in [0.2, 0.25) is 18.3 Å². The van der Waals surface area contributed by atoms with Crippen LogP contribution in [0.4, 0.5) is 11.8 Å². The van der Waals surface area contributed by atoms with Crippen molar-refractivity contribution in [2.75, 3.05) is 50.3 Å². The van der Waals surface area contributed by atoms with Crippen LogP contribution in [0.2, 0.25) is 0 Å². The molecule has 0 aromatic carbocycles. The number of hydrogen-bond acceptors (Lipinski definition) is 7. The second-order valence-electron chi connectivity index (χ2n) is 7.11. The topological polar surface area (TPSA) is 116 Å². The van der Waals surface area contributed by atoms with E-state index in [0.717, 1.165) is 57.5 Å². The lowest BCUT2D eigenvalue weighted by molar-refractivity contribution is -0.132. The Hall–Kier alpha value is -2.68. The SMILES string of the molecule is CCCCNc1nc(N)nc(/C=C\N(C=O)CCCC(=O)N2CCNCC2)c1C. The van der Waals surface area contributed by atoms with Crippen LogP contribution in [-0.4, -0.2) is 71.4 Å². The van der Waals surface area contributed by atoms with Gasteiger partial charge in [-0.2, -0.15) is 4.98 Å². The predicted octanol–water partition coefficient (Wildman–Crippen LogP) is 1.22. The Morgan fingerprint density at radius 1 is 1.31 bits per heavy atom. The highest BCUT2D eigenvalue weighted by Crippen LogP contribution is 2.18. The monoisotopic (exact) mass is 403 g/mol. The van der Waals surface area contributed by atoms with Crippen LogP contribution >= 0.6 is 0 Å². The Labute approximate surface area is 172 Å². The molecule has 2 amide bonds. The fraction of sp³-hybridized carbons (Fsp3) is 0.600. The number of unbranched alkanes of at least 4 members (excludes halogenated alkanes) is 1. The molecule has 1 aliphatic rings. The maximum absolute atomic E-state index is 12.2. The molecule has 0 bridgehead atoms. The van der Waals surface area contributed by atoms with E-state index in [1.165, 1.54) is 4.90 Å². The first-order valence-corrected chi connectivity index (χ1v) is 10.3. The fourth-order valence-electron chi connectivity index (χ4n) is 3.08. The molecule has 29 heavy (non-hydrogen) atoms. The number of carbonyl (C=O) groups excluding carboxylic acids is 2. The summed E-state index contributed by atoms with van der Waals surface area (Å²) in [6, 6.07) is 0. The molecule has 0 atom stereocenters. The van der Waals surface area contributed by atoms with Gasteiger partial charge >= 0.3 is 0 Å². The van der Waals surface area contributed by atoms with Gasteiger partial charge in [-0.1, -0.05) is 13.3 Å². The molecule has 160 valence electrons. The quantitative estimate of drug-likeness (QED) is 0.376. The molecule has 1 aromatic heterocycles. The lowest BCUT2D eigenvalue weighted by Crippen LogP contribution is -2.46. The molecule has 1 aliphatic heterocycles. The summed E-state index contributed by atoms with van der Waals surface area (Å²) in [6.45, 7) is 8.51. The van der Waals surface area contributed by atoms with Gasteiger partial charge in [0.1, 0.15) is 5.82 Å². The second-order valence-corrected chi connectivity index (χ2v) is 7.11. The summed E-state index contributed by atoms with van der Waals surface area (Å²) >= 11 is 0. The van der Waals surface area contributed by atoms with Crippen molar-refractivity contribution < 1.29 is 9.59 Å². The molecule has 4 N–H and O–H groups in total. The van der Waals surface area contributed by atoms with Gasteiger partial charge < -0.3 is 26.2 Å². The number of piperazine rings is 1. The first-order valence-electron chi connectivity index (χ1n) is 10.3. The summed E-state index contributed by atoms with van der Waals surface area (Å²) in [6.07, 6.45) is 7.36. The molecule has 1 aromatic rings. The number of nitrogens with one attached hydrogen (secondary N) is 2. The molecule has 9 heteroatoms. The number of anilines is 2. The van der Waals surface area contributed by atoms with Crippen LogP contribution in [0.25, 0.3) is 6.08 Å². The summed E-state index contributed by atoms with van der Waals surface area (Å²) in [5.41, 5.74) is 7.38. The zero-order valence-electron chi connectivity index (χ0n) is 17.5. The van der Waals surface area contributed by atoms with Crippen molar-refractivity contribution in [2.24, 2.45) is 0 Å². The highest BCUT2D eigenvalue weighted by molar-refractivity contribution is 5.76. The van der Waals surface area contributed by atoms with Crippen LogP contribution in [0.15, 0.2) is 6.20 Å². The van der Waals surface area contributed by atoms with Crippen molar-refractivity contribution in [3.63, 3.8) is 0 Å². The maximum Gasteiger partial charge on any atom is 0.222 e. The van der Waals surface area contributed by atoms with Crippen molar-refractivity contribution >= 4 is 30.2 Å². The van der Waals surface area contributed by atoms with E-state index >= 15 is 0 Å². The van der Waals surface area contributed by atoms with Gasteiger partial charge in [0, 0.05) is 57.5 Å². The summed E-state index contributed by atoms with van der Waals surface area (Å²) < 4.78 is 0. The Balaban J connectivity index is 1.90. The lowest BCUT2D eigenvalue weighted by atomic mass is 10.2. The standard InChI is InChI=1S/C20H33N7O2/c1-3-4-8-23-19-16(2)17(24-20(21)25-19)7-12-26(15-28)11-5-6-18(29)27-13-9-22-10-14-27/h7,12,15,22H,3-6,8-11,13-14H2,1-2H3,(H3,21,23,24,25)/b12-7-. The van der Waals surface area contributed by atoms with Gasteiger partial charge in [0.25, 0.3) is 0 Å². The van der Waals surface area contributed by atoms with Crippen LogP contribution in [0, 0.1) is 6.92 Å².